The van der Waals surface area contributed by atoms with E-state index >= 15 is 0 Å². The minimum absolute atomic E-state index is 0.0257. The molecule has 3 aromatic rings. The molecule has 0 unspecified atom stereocenters. The second-order valence-corrected chi connectivity index (χ2v) is 6.32. The van der Waals surface area contributed by atoms with Crippen LogP contribution in [0.1, 0.15) is 23.4 Å². The summed E-state index contributed by atoms with van der Waals surface area (Å²) in [5.74, 6) is 1.27. The van der Waals surface area contributed by atoms with E-state index in [9.17, 15) is 4.79 Å². The maximum atomic E-state index is 12.1. The largest absolute Gasteiger partial charge is 0.492 e. The van der Waals surface area contributed by atoms with Crippen molar-refractivity contribution in [3.8, 4) is 5.75 Å². The van der Waals surface area contributed by atoms with Gasteiger partial charge in [-0.05, 0) is 50.1 Å². The SMILES string of the molecule is Cc1nc2ncnn2c(C)c1CCC(=O)NCCOc1ccc(Cl)cc1. The van der Waals surface area contributed by atoms with Crippen molar-refractivity contribution in [2.75, 3.05) is 13.2 Å². The zero-order valence-electron chi connectivity index (χ0n) is 14.7. The van der Waals surface area contributed by atoms with Gasteiger partial charge in [0, 0.05) is 22.8 Å². The zero-order valence-corrected chi connectivity index (χ0v) is 15.5. The topological polar surface area (TPSA) is 81.4 Å². The molecule has 26 heavy (non-hydrogen) atoms. The van der Waals surface area contributed by atoms with E-state index < -0.39 is 0 Å². The number of halogens is 1. The van der Waals surface area contributed by atoms with Gasteiger partial charge in [0.05, 0.1) is 6.54 Å². The van der Waals surface area contributed by atoms with Gasteiger partial charge in [0.25, 0.3) is 5.78 Å². The van der Waals surface area contributed by atoms with Gasteiger partial charge in [-0.25, -0.2) is 9.50 Å². The van der Waals surface area contributed by atoms with Crippen molar-refractivity contribution in [2.24, 2.45) is 0 Å². The Hall–Kier alpha value is -2.67. The molecule has 1 N–H and O–H groups in total. The molecule has 0 bridgehead atoms. The Balaban J connectivity index is 1.46. The molecule has 0 aliphatic carbocycles. The monoisotopic (exact) mass is 373 g/mol. The van der Waals surface area contributed by atoms with E-state index in [1.165, 1.54) is 6.33 Å². The number of aryl methyl sites for hydroxylation is 2. The molecule has 1 aromatic carbocycles. The van der Waals surface area contributed by atoms with Gasteiger partial charge in [0.2, 0.25) is 5.91 Å². The second-order valence-electron chi connectivity index (χ2n) is 5.89. The summed E-state index contributed by atoms with van der Waals surface area (Å²) in [5.41, 5.74) is 2.86. The fraction of sp³-hybridized carbons (Fsp3) is 0.333. The summed E-state index contributed by atoms with van der Waals surface area (Å²) in [7, 11) is 0. The van der Waals surface area contributed by atoms with Crippen molar-refractivity contribution in [2.45, 2.75) is 26.7 Å². The molecule has 1 amide bonds. The number of nitrogens with zero attached hydrogens (tertiary/aromatic N) is 4. The van der Waals surface area contributed by atoms with Gasteiger partial charge in [0.1, 0.15) is 18.7 Å². The Morgan fingerprint density at radius 1 is 1.27 bits per heavy atom. The van der Waals surface area contributed by atoms with Crippen LogP contribution in [0, 0.1) is 13.8 Å². The third-order valence-electron chi connectivity index (χ3n) is 4.10. The van der Waals surface area contributed by atoms with Crippen LogP contribution in [-0.4, -0.2) is 38.6 Å². The number of hydrogen-bond acceptors (Lipinski definition) is 5. The van der Waals surface area contributed by atoms with E-state index in [4.69, 9.17) is 16.3 Å². The summed E-state index contributed by atoms with van der Waals surface area (Å²) in [6.07, 6.45) is 2.46. The lowest BCUT2D eigenvalue weighted by Gasteiger charge is -2.11. The molecule has 0 saturated carbocycles. The smallest absolute Gasteiger partial charge is 0.252 e. The number of ether oxygens (including phenoxy) is 1. The Bertz CT molecular complexity index is 908. The molecule has 2 aromatic heterocycles. The van der Waals surface area contributed by atoms with E-state index in [0.717, 1.165) is 22.7 Å². The van der Waals surface area contributed by atoms with Crippen LogP contribution in [0.4, 0.5) is 0 Å². The number of carbonyl (C=O) groups is 1. The lowest BCUT2D eigenvalue weighted by Crippen LogP contribution is -2.28. The van der Waals surface area contributed by atoms with E-state index in [1.54, 1.807) is 28.8 Å². The van der Waals surface area contributed by atoms with Gasteiger partial charge in [-0.3, -0.25) is 4.79 Å². The summed E-state index contributed by atoms with van der Waals surface area (Å²) in [6, 6.07) is 7.12. The van der Waals surface area contributed by atoms with Crippen molar-refractivity contribution in [1.29, 1.82) is 0 Å². The summed E-state index contributed by atoms with van der Waals surface area (Å²) < 4.78 is 7.24. The molecule has 0 spiro atoms. The molecule has 0 radical (unpaired) electrons. The number of fused-ring (bicyclic) bond motifs is 1. The van der Waals surface area contributed by atoms with Gasteiger partial charge in [0.15, 0.2) is 0 Å². The first kappa shape index (κ1) is 18.1. The first-order chi connectivity index (χ1) is 12.5. The molecule has 0 fully saturated rings. The maximum Gasteiger partial charge on any atom is 0.252 e. The van der Waals surface area contributed by atoms with Gasteiger partial charge >= 0.3 is 0 Å². The number of nitrogens with one attached hydrogen (secondary N) is 1. The number of hydrogen-bond donors (Lipinski definition) is 1. The molecule has 7 nitrogen and oxygen atoms in total. The molecule has 0 aliphatic rings. The lowest BCUT2D eigenvalue weighted by atomic mass is 10.1. The highest BCUT2D eigenvalue weighted by molar-refractivity contribution is 6.30. The van der Waals surface area contributed by atoms with Gasteiger partial charge < -0.3 is 10.1 Å². The minimum Gasteiger partial charge on any atom is -0.492 e. The third kappa shape index (κ3) is 4.29. The van der Waals surface area contributed by atoms with Crippen molar-refractivity contribution in [3.63, 3.8) is 0 Å². The van der Waals surface area contributed by atoms with Crippen molar-refractivity contribution >= 4 is 23.3 Å². The molecule has 0 atom stereocenters. The summed E-state index contributed by atoms with van der Waals surface area (Å²) in [5, 5.41) is 7.68. The first-order valence-electron chi connectivity index (χ1n) is 8.35. The quantitative estimate of drug-likeness (QED) is 0.643. The zero-order chi connectivity index (χ0) is 18.5. The number of benzene rings is 1. The predicted molar refractivity (Wildman–Crippen MR) is 98.5 cm³/mol. The highest BCUT2D eigenvalue weighted by Gasteiger charge is 2.12. The second kappa shape index (κ2) is 8.14. The minimum atomic E-state index is -0.0257. The van der Waals surface area contributed by atoms with Gasteiger partial charge in [-0.15, -0.1) is 0 Å². The average Bonchev–Trinajstić information content (AvgIpc) is 3.08. The molecule has 2 heterocycles. The maximum absolute atomic E-state index is 12.1. The average molecular weight is 374 g/mol. The highest BCUT2D eigenvalue weighted by Crippen LogP contribution is 2.16. The number of rotatable bonds is 7. The van der Waals surface area contributed by atoms with Crippen LogP contribution in [0.25, 0.3) is 5.78 Å². The lowest BCUT2D eigenvalue weighted by molar-refractivity contribution is -0.121. The van der Waals surface area contributed by atoms with Crippen LogP contribution in [0.5, 0.6) is 5.75 Å². The number of aromatic nitrogens is 4. The van der Waals surface area contributed by atoms with E-state index in [0.29, 0.717) is 36.8 Å². The molecule has 136 valence electrons. The number of carbonyl (C=O) groups excluding carboxylic acids is 1. The van der Waals surface area contributed by atoms with E-state index in [-0.39, 0.29) is 5.91 Å². The van der Waals surface area contributed by atoms with Crippen molar-refractivity contribution in [3.05, 3.63) is 52.6 Å². The highest BCUT2D eigenvalue weighted by atomic mass is 35.5. The van der Waals surface area contributed by atoms with Crippen LogP contribution >= 0.6 is 11.6 Å². The molecule has 8 heteroatoms. The molecule has 0 saturated heterocycles. The van der Waals surface area contributed by atoms with E-state index in [1.807, 2.05) is 13.8 Å². The van der Waals surface area contributed by atoms with Gasteiger partial charge in [-0.2, -0.15) is 10.1 Å². The summed E-state index contributed by atoms with van der Waals surface area (Å²) in [6.45, 7) is 4.73. The molecular weight excluding hydrogens is 354 g/mol. The van der Waals surface area contributed by atoms with Crippen LogP contribution in [0.2, 0.25) is 5.02 Å². The van der Waals surface area contributed by atoms with Crippen LogP contribution in [-0.2, 0) is 11.2 Å². The van der Waals surface area contributed by atoms with Crippen LogP contribution in [0.3, 0.4) is 0 Å². The molecule has 3 rings (SSSR count). The standard InChI is InChI=1S/C18H20ClN5O2/c1-12-16(13(2)24-18(23-12)21-11-22-24)7-8-17(25)20-9-10-26-15-5-3-14(19)4-6-15/h3-6,11H,7-10H2,1-2H3,(H,20,25). The molecule has 0 aliphatic heterocycles. The third-order valence-corrected chi connectivity index (χ3v) is 4.35. The Labute approximate surface area is 156 Å². The van der Waals surface area contributed by atoms with Crippen LogP contribution < -0.4 is 10.1 Å². The Morgan fingerprint density at radius 2 is 2.04 bits per heavy atom. The van der Waals surface area contributed by atoms with Gasteiger partial charge in [-0.1, -0.05) is 11.6 Å². The normalized spacial score (nSPS) is 10.9. The van der Waals surface area contributed by atoms with Crippen LogP contribution in [0.15, 0.2) is 30.6 Å². The number of amides is 1. The first-order valence-corrected chi connectivity index (χ1v) is 8.73. The predicted octanol–water partition coefficient (Wildman–Crippen LogP) is 2.52. The van der Waals surface area contributed by atoms with E-state index in [2.05, 4.69) is 20.4 Å². The Morgan fingerprint density at radius 3 is 2.81 bits per heavy atom. The fourth-order valence-corrected chi connectivity index (χ4v) is 2.86. The van der Waals surface area contributed by atoms with Crippen molar-refractivity contribution < 1.29 is 9.53 Å². The summed E-state index contributed by atoms with van der Waals surface area (Å²) >= 11 is 5.82. The molecular formula is C18H20ClN5O2. The Kier molecular flexibility index (Phi) is 5.68. The fourth-order valence-electron chi connectivity index (χ4n) is 2.73. The summed E-state index contributed by atoms with van der Waals surface area (Å²) in [4.78, 5) is 20.6. The van der Waals surface area contributed by atoms with Crippen molar-refractivity contribution in [1.82, 2.24) is 24.9 Å².